The number of rotatable bonds is 5. The van der Waals surface area contributed by atoms with Crippen LogP contribution in [0.15, 0.2) is 18.2 Å². The number of carbonyl (C=O) groups excluding carboxylic acids is 1. The number of nitrogens with two attached hydrogens (primary N) is 1. The Kier molecular flexibility index (Phi) is 13.4. The number of hydrogen-bond donors (Lipinski definition) is 2. The summed E-state index contributed by atoms with van der Waals surface area (Å²) in [6.07, 6.45) is 0. The molecule has 1 aliphatic heterocycles. The summed E-state index contributed by atoms with van der Waals surface area (Å²) < 4.78 is 0. The van der Waals surface area contributed by atoms with Gasteiger partial charge in [0, 0.05) is 50.5 Å². The van der Waals surface area contributed by atoms with E-state index in [0.29, 0.717) is 23.7 Å². The van der Waals surface area contributed by atoms with E-state index in [1.54, 1.807) is 6.07 Å². The second-order valence-electron chi connectivity index (χ2n) is 6.49. The highest BCUT2D eigenvalue weighted by Crippen LogP contribution is 2.12. The van der Waals surface area contributed by atoms with Crippen LogP contribution in [0.2, 0.25) is 0 Å². The summed E-state index contributed by atoms with van der Waals surface area (Å²) in [4.78, 5) is 17.1. The Morgan fingerprint density at radius 2 is 1.80 bits per heavy atom. The quantitative estimate of drug-likeness (QED) is 0.728. The number of nitrogen functional groups attached to an aromatic ring is 1. The Morgan fingerprint density at radius 3 is 2.40 bits per heavy atom. The van der Waals surface area contributed by atoms with Crippen molar-refractivity contribution in [3.8, 4) is 0 Å². The molecule has 1 aromatic carbocycles. The van der Waals surface area contributed by atoms with E-state index in [1.807, 2.05) is 19.1 Å². The van der Waals surface area contributed by atoms with E-state index < -0.39 is 0 Å². The second kappa shape index (κ2) is 12.6. The van der Waals surface area contributed by atoms with Gasteiger partial charge in [0.2, 0.25) is 0 Å². The molecule has 8 heteroatoms. The van der Waals surface area contributed by atoms with Crippen LogP contribution in [0, 0.1) is 12.8 Å². The van der Waals surface area contributed by atoms with Gasteiger partial charge < -0.3 is 20.9 Å². The van der Waals surface area contributed by atoms with E-state index in [1.165, 1.54) is 0 Å². The molecule has 1 heterocycles. The third-order valence-electron chi connectivity index (χ3n) is 4.28. The number of nitrogens with one attached hydrogen (secondary N) is 1. The van der Waals surface area contributed by atoms with Crippen LogP contribution in [0.5, 0.6) is 0 Å². The number of hydrogen-bond acceptors (Lipinski definition) is 4. The lowest BCUT2D eigenvalue weighted by Gasteiger charge is -2.33. The van der Waals surface area contributed by atoms with Crippen LogP contribution in [0.25, 0.3) is 0 Å². The van der Waals surface area contributed by atoms with E-state index in [2.05, 4.69) is 29.1 Å². The molecule has 25 heavy (non-hydrogen) atoms. The maximum Gasteiger partial charge on any atom is 0.251 e. The normalized spacial score (nSPS) is 16.0. The molecule has 0 bridgehead atoms. The highest BCUT2D eigenvalue weighted by atomic mass is 35.5. The Labute approximate surface area is 169 Å². The number of halogens is 3. The van der Waals surface area contributed by atoms with Crippen LogP contribution in [0.4, 0.5) is 5.69 Å². The zero-order valence-electron chi connectivity index (χ0n) is 15.2. The Hall–Kier alpha value is -0.720. The maximum atomic E-state index is 12.3. The van der Waals surface area contributed by atoms with Crippen LogP contribution in [0.3, 0.4) is 0 Å². The molecule has 0 aliphatic carbocycles. The zero-order valence-corrected chi connectivity index (χ0v) is 17.6. The van der Waals surface area contributed by atoms with Gasteiger partial charge in [-0.2, -0.15) is 0 Å². The van der Waals surface area contributed by atoms with Crippen molar-refractivity contribution in [3.63, 3.8) is 0 Å². The molecule has 1 aromatic rings. The van der Waals surface area contributed by atoms with Gasteiger partial charge in [-0.25, -0.2) is 0 Å². The summed E-state index contributed by atoms with van der Waals surface area (Å²) in [6.45, 7) is 10.3. The van der Waals surface area contributed by atoms with E-state index in [0.717, 1.165) is 38.3 Å². The molecule has 3 N–H and O–H groups in total. The van der Waals surface area contributed by atoms with Gasteiger partial charge in [0.05, 0.1) is 0 Å². The first-order chi connectivity index (χ1) is 10.5. The Bertz CT molecular complexity index is 523. The van der Waals surface area contributed by atoms with E-state index >= 15 is 0 Å². The highest BCUT2D eigenvalue weighted by Gasteiger charge is 2.17. The van der Waals surface area contributed by atoms with Crippen LogP contribution in [0.1, 0.15) is 22.8 Å². The largest absolute Gasteiger partial charge is 0.399 e. The molecule has 0 saturated carbocycles. The van der Waals surface area contributed by atoms with Gasteiger partial charge in [-0.15, -0.1) is 37.2 Å². The number of likely N-dealkylation sites (N-methyl/N-ethyl adjacent to an activating group) is 1. The van der Waals surface area contributed by atoms with Gasteiger partial charge in [0.25, 0.3) is 5.91 Å². The van der Waals surface area contributed by atoms with Gasteiger partial charge in [-0.05, 0) is 37.6 Å². The van der Waals surface area contributed by atoms with Crippen LogP contribution in [-0.4, -0.2) is 62.0 Å². The van der Waals surface area contributed by atoms with Crippen LogP contribution >= 0.6 is 37.2 Å². The van der Waals surface area contributed by atoms with E-state index in [4.69, 9.17) is 5.73 Å². The zero-order chi connectivity index (χ0) is 16.1. The molecule has 1 saturated heterocycles. The summed E-state index contributed by atoms with van der Waals surface area (Å²) in [5.74, 6) is 0.406. The lowest BCUT2D eigenvalue weighted by Crippen LogP contribution is -2.46. The van der Waals surface area contributed by atoms with E-state index in [-0.39, 0.29) is 43.1 Å². The molecular formula is C17H31Cl3N4O. The molecule has 1 fully saturated rings. The van der Waals surface area contributed by atoms with Crippen LogP contribution < -0.4 is 11.1 Å². The molecule has 1 unspecified atom stereocenters. The highest BCUT2D eigenvalue weighted by molar-refractivity contribution is 5.96. The smallest absolute Gasteiger partial charge is 0.251 e. The molecule has 146 valence electrons. The fraction of sp³-hybridized carbons (Fsp3) is 0.588. The molecule has 0 radical (unpaired) electrons. The number of amides is 1. The predicted octanol–water partition coefficient (Wildman–Crippen LogP) is 2.46. The number of piperazine rings is 1. The van der Waals surface area contributed by atoms with Gasteiger partial charge in [0.1, 0.15) is 0 Å². The second-order valence-corrected chi connectivity index (χ2v) is 6.49. The maximum absolute atomic E-state index is 12.3. The standard InChI is InChI=1S/C17H28N4O.3ClH/c1-13(12-21-8-6-20(3)7-9-21)11-19-17(22)16-10-15(18)5-4-14(16)2;;;/h4-5,10,13H,6-9,11-12,18H2,1-3H3,(H,19,22);3*1H. The van der Waals surface area contributed by atoms with Crippen molar-refractivity contribution in [1.29, 1.82) is 0 Å². The van der Waals surface area contributed by atoms with Crippen molar-refractivity contribution < 1.29 is 4.79 Å². The lowest BCUT2D eigenvalue weighted by atomic mass is 10.1. The minimum Gasteiger partial charge on any atom is -0.399 e. The average Bonchev–Trinajstić information content (AvgIpc) is 2.49. The first kappa shape index (κ1) is 26.5. The predicted molar refractivity (Wildman–Crippen MR) is 113 cm³/mol. The molecule has 5 nitrogen and oxygen atoms in total. The molecular weight excluding hydrogens is 383 g/mol. The minimum absolute atomic E-state index is 0. The van der Waals surface area contributed by atoms with Crippen molar-refractivity contribution in [2.75, 3.05) is 52.0 Å². The SMILES string of the molecule is Cc1ccc(N)cc1C(=O)NCC(C)CN1CCN(C)CC1.Cl.Cl.Cl. The lowest BCUT2D eigenvalue weighted by molar-refractivity contribution is 0.0937. The third-order valence-corrected chi connectivity index (χ3v) is 4.28. The van der Waals surface area contributed by atoms with E-state index in [9.17, 15) is 4.79 Å². The number of aryl methyl sites for hydroxylation is 1. The summed E-state index contributed by atoms with van der Waals surface area (Å²) in [5.41, 5.74) is 8.02. The third kappa shape index (κ3) is 8.47. The van der Waals surface area contributed by atoms with Crippen molar-refractivity contribution in [2.24, 2.45) is 5.92 Å². The van der Waals surface area contributed by atoms with Crippen molar-refractivity contribution in [3.05, 3.63) is 29.3 Å². The summed E-state index contributed by atoms with van der Waals surface area (Å²) in [6, 6.07) is 5.45. The first-order valence-corrected chi connectivity index (χ1v) is 8.01. The molecule has 0 aromatic heterocycles. The fourth-order valence-corrected chi connectivity index (χ4v) is 2.78. The van der Waals surface area contributed by atoms with Crippen LogP contribution in [-0.2, 0) is 0 Å². The molecule has 1 amide bonds. The molecule has 2 rings (SSSR count). The number of nitrogens with zero attached hydrogens (tertiary/aromatic N) is 2. The summed E-state index contributed by atoms with van der Waals surface area (Å²) >= 11 is 0. The molecule has 1 aliphatic rings. The Morgan fingerprint density at radius 1 is 1.20 bits per heavy atom. The topological polar surface area (TPSA) is 61.6 Å². The monoisotopic (exact) mass is 412 g/mol. The molecule has 0 spiro atoms. The number of anilines is 1. The van der Waals surface area contributed by atoms with Gasteiger partial charge in [-0.1, -0.05) is 13.0 Å². The summed E-state index contributed by atoms with van der Waals surface area (Å²) in [7, 11) is 2.16. The van der Waals surface area contributed by atoms with Gasteiger partial charge in [-0.3, -0.25) is 4.79 Å². The number of benzene rings is 1. The summed E-state index contributed by atoms with van der Waals surface area (Å²) in [5, 5.41) is 3.03. The van der Waals surface area contributed by atoms with Gasteiger partial charge >= 0.3 is 0 Å². The first-order valence-electron chi connectivity index (χ1n) is 8.01. The van der Waals surface area contributed by atoms with Crippen molar-refractivity contribution >= 4 is 48.8 Å². The Balaban J connectivity index is 0. The average molecular weight is 414 g/mol. The molecule has 1 atom stereocenters. The van der Waals surface area contributed by atoms with Gasteiger partial charge in [0.15, 0.2) is 0 Å². The fourth-order valence-electron chi connectivity index (χ4n) is 2.78. The minimum atomic E-state index is -0.0324. The number of carbonyl (C=O) groups is 1. The van der Waals surface area contributed by atoms with Crippen molar-refractivity contribution in [1.82, 2.24) is 15.1 Å². The van der Waals surface area contributed by atoms with Crippen molar-refractivity contribution in [2.45, 2.75) is 13.8 Å².